The van der Waals surface area contributed by atoms with Crippen LogP contribution in [0.4, 0.5) is 0 Å². The van der Waals surface area contributed by atoms with Gasteiger partial charge in [0.1, 0.15) is 13.2 Å². The second kappa shape index (κ2) is 58.7. The van der Waals surface area contributed by atoms with E-state index in [9.17, 15) is 19.5 Å². The monoisotopic (exact) mass is 1070 g/mol. The lowest BCUT2D eigenvalue weighted by Gasteiger charge is -2.26. The Morgan fingerprint density at radius 2 is 0.750 bits per heavy atom. The fourth-order valence-electron chi connectivity index (χ4n) is 9.67. The van der Waals surface area contributed by atoms with Crippen molar-refractivity contribution in [3.05, 3.63) is 36.5 Å². The zero-order valence-corrected chi connectivity index (χ0v) is 50.9. The molecule has 9 nitrogen and oxygen atoms in total. The lowest BCUT2D eigenvalue weighted by molar-refractivity contribution is -0.870. The van der Waals surface area contributed by atoms with Gasteiger partial charge >= 0.3 is 11.9 Å². The van der Waals surface area contributed by atoms with Crippen LogP contribution in [-0.4, -0.2) is 82.3 Å². The smallest absolute Gasteiger partial charge is 0.306 e. The molecular formula is C67H125NO8. The van der Waals surface area contributed by atoms with Crippen LogP contribution in [0.15, 0.2) is 36.5 Å². The van der Waals surface area contributed by atoms with Crippen molar-refractivity contribution in [3.63, 3.8) is 0 Å². The van der Waals surface area contributed by atoms with Crippen LogP contribution in [0.5, 0.6) is 0 Å². The highest BCUT2D eigenvalue weighted by molar-refractivity contribution is 5.70. The van der Waals surface area contributed by atoms with Gasteiger partial charge in [0.2, 0.25) is 0 Å². The molecule has 0 rings (SSSR count). The topological polar surface area (TPSA) is 111 Å². The molecule has 0 amide bonds. The molecule has 0 heterocycles. The van der Waals surface area contributed by atoms with Gasteiger partial charge in [0.05, 0.1) is 40.3 Å². The first kappa shape index (κ1) is 73.5. The molecule has 0 saturated carbocycles. The van der Waals surface area contributed by atoms with Crippen molar-refractivity contribution in [2.75, 3.05) is 47.5 Å². The number of ether oxygens (including phenoxy) is 4. The number of rotatable bonds is 61. The summed E-state index contributed by atoms with van der Waals surface area (Å²) >= 11 is 0. The minimum Gasteiger partial charge on any atom is -0.545 e. The Labute approximate surface area is 470 Å². The molecule has 0 aromatic heterocycles. The molecule has 0 fully saturated rings. The Hall–Kier alpha value is -2.49. The number of hydrogen-bond donors (Lipinski definition) is 0. The molecule has 0 aliphatic heterocycles. The molecule has 0 N–H and O–H groups in total. The highest BCUT2D eigenvalue weighted by Gasteiger charge is 2.22. The maximum absolute atomic E-state index is 12.9. The highest BCUT2D eigenvalue weighted by atomic mass is 16.7. The predicted molar refractivity (Wildman–Crippen MR) is 320 cm³/mol. The SMILES string of the molecule is CC/C=C\C/C=C\C/C=C\CCCCCCCCCC(=O)OC(COC(=O)CCCCCCCCCCCCCCCCCCCCCCCCCCCCCCCCCCCC)COC(OCC[N+](C)(C)C)C(=O)[O-]. The number of unbranched alkanes of at least 4 members (excludes halogenated alkanes) is 40. The number of quaternary nitrogens is 1. The normalized spacial score (nSPS) is 12.9. The van der Waals surface area contributed by atoms with Gasteiger partial charge in [-0.3, -0.25) is 9.59 Å². The Balaban J connectivity index is 4.00. The summed E-state index contributed by atoms with van der Waals surface area (Å²) in [6.45, 7) is 4.67. The highest BCUT2D eigenvalue weighted by Crippen LogP contribution is 2.18. The first-order valence-electron chi connectivity index (χ1n) is 32.6. The summed E-state index contributed by atoms with van der Waals surface area (Å²) in [5, 5.41) is 11.8. The lowest BCUT2D eigenvalue weighted by Crippen LogP contribution is -2.44. The van der Waals surface area contributed by atoms with Gasteiger partial charge in [-0.2, -0.15) is 0 Å². The fraction of sp³-hybridized carbons (Fsp3) is 0.866. The molecule has 0 aliphatic carbocycles. The number of aliphatic carboxylic acids is 1. The van der Waals surface area contributed by atoms with Crippen molar-refractivity contribution in [2.45, 2.75) is 328 Å². The molecule has 0 aliphatic rings. The summed E-state index contributed by atoms with van der Waals surface area (Å²) in [4.78, 5) is 37.3. The first-order valence-corrected chi connectivity index (χ1v) is 32.6. The Morgan fingerprint density at radius 3 is 1.12 bits per heavy atom. The largest absolute Gasteiger partial charge is 0.545 e. The zero-order chi connectivity index (χ0) is 55.5. The van der Waals surface area contributed by atoms with Crippen LogP contribution in [0.1, 0.15) is 316 Å². The Morgan fingerprint density at radius 1 is 0.408 bits per heavy atom. The number of nitrogens with zero attached hydrogens (tertiary/aromatic N) is 1. The van der Waals surface area contributed by atoms with E-state index in [0.29, 0.717) is 23.9 Å². The number of likely N-dealkylation sites (N-methyl/N-ethyl adjacent to an activating group) is 1. The molecule has 446 valence electrons. The molecule has 0 spiro atoms. The number of esters is 2. The number of hydrogen-bond acceptors (Lipinski definition) is 8. The minimum atomic E-state index is -1.62. The van der Waals surface area contributed by atoms with Gasteiger partial charge < -0.3 is 33.3 Å². The van der Waals surface area contributed by atoms with Crippen LogP contribution in [0.2, 0.25) is 0 Å². The van der Waals surface area contributed by atoms with Crippen molar-refractivity contribution in [3.8, 4) is 0 Å². The van der Waals surface area contributed by atoms with Crippen LogP contribution < -0.4 is 5.11 Å². The number of carbonyl (C=O) groups excluding carboxylic acids is 3. The third-order valence-electron chi connectivity index (χ3n) is 14.7. The molecular weight excluding hydrogens is 947 g/mol. The van der Waals surface area contributed by atoms with E-state index in [1.807, 2.05) is 21.1 Å². The molecule has 0 radical (unpaired) electrons. The molecule has 76 heavy (non-hydrogen) atoms. The van der Waals surface area contributed by atoms with Gasteiger partial charge in [-0.25, -0.2) is 0 Å². The van der Waals surface area contributed by atoms with Gasteiger partial charge in [-0.05, 0) is 44.9 Å². The maximum Gasteiger partial charge on any atom is 0.306 e. The van der Waals surface area contributed by atoms with E-state index in [1.54, 1.807) is 0 Å². The van der Waals surface area contributed by atoms with Gasteiger partial charge in [0.25, 0.3) is 0 Å². The standard InChI is InChI=1S/C67H125NO8/c1-6-8-10-12-14-16-18-20-22-24-25-26-27-28-29-30-31-32-33-34-35-36-37-38-39-40-42-43-45-47-49-51-53-55-57-64(69)74-61-63(62-75-67(66(71)72)73-60-59-68(3,4)5)76-65(70)58-56-54-52-50-48-46-44-41-23-21-19-17-15-13-11-9-7-2/h9,11,15,17,21,23,63,67H,6-8,10,12-14,16,18-20,22,24-62H2,1-5H3/b11-9-,17-15-,23-21-. The number of carboxylic acid groups (broad SMARTS) is 1. The van der Waals surface area contributed by atoms with Crippen molar-refractivity contribution >= 4 is 17.9 Å². The zero-order valence-electron chi connectivity index (χ0n) is 50.9. The van der Waals surface area contributed by atoms with E-state index >= 15 is 0 Å². The fourth-order valence-corrected chi connectivity index (χ4v) is 9.67. The van der Waals surface area contributed by atoms with Gasteiger partial charge in [-0.1, -0.05) is 294 Å². The molecule has 0 saturated heterocycles. The van der Waals surface area contributed by atoms with Gasteiger partial charge in [-0.15, -0.1) is 0 Å². The second-order valence-electron chi connectivity index (χ2n) is 23.4. The summed E-state index contributed by atoms with van der Waals surface area (Å²) in [6.07, 6.45) is 69.5. The lowest BCUT2D eigenvalue weighted by atomic mass is 10.0. The molecule has 0 aromatic rings. The van der Waals surface area contributed by atoms with Crippen LogP contribution in [0, 0.1) is 0 Å². The molecule has 2 unspecified atom stereocenters. The third kappa shape index (κ3) is 59.2. The van der Waals surface area contributed by atoms with Gasteiger partial charge in [0.15, 0.2) is 12.4 Å². The second-order valence-corrected chi connectivity index (χ2v) is 23.4. The molecule has 0 aromatic carbocycles. The minimum absolute atomic E-state index is 0.147. The van der Waals surface area contributed by atoms with E-state index in [-0.39, 0.29) is 32.2 Å². The molecule has 0 bridgehead atoms. The summed E-state index contributed by atoms with van der Waals surface area (Å²) in [6, 6.07) is 0. The van der Waals surface area contributed by atoms with Crippen LogP contribution in [-0.2, 0) is 33.3 Å². The predicted octanol–water partition coefficient (Wildman–Crippen LogP) is 18.3. The first-order chi connectivity index (χ1) is 37.1. The average Bonchev–Trinajstić information content (AvgIpc) is 3.39. The van der Waals surface area contributed by atoms with Crippen molar-refractivity contribution in [1.29, 1.82) is 0 Å². The average molecular weight is 1070 g/mol. The van der Waals surface area contributed by atoms with Crippen LogP contribution in [0.25, 0.3) is 0 Å². The number of carbonyl (C=O) groups is 3. The van der Waals surface area contributed by atoms with E-state index in [1.165, 1.54) is 218 Å². The Kier molecular flexibility index (Phi) is 56.7. The summed E-state index contributed by atoms with van der Waals surface area (Å²) < 4.78 is 22.7. The summed E-state index contributed by atoms with van der Waals surface area (Å²) in [7, 11) is 5.93. The van der Waals surface area contributed by atoms with Gasteiger partial charge in [0, 0.05) is 12.8 Å². The number of allylic oxidation sites excluding steroid dienone is 6. The molecule has 2 atom stereocenters. The number of carboxylic acids is 1. The van der Waals surface area contributed by atoms with Crippen molar-refractivity contribution < 1.29 is 42.9 Å². The third-order valence-corrected chi connectivity index (χ3v) is 14.7. The van der Waals surface area contributed by atoms with Crippen molar-refractivity contribution in [1.82, 2.24) is 0 Å². The molecule has 9 heteroatoms. The van der Waals surface area contributed by atoms with E-state index < -0.39 is 24.3 Å². The van der Waals surface area contributed by atoms with E-state index in [0.717, 1.165) is 64.2 Å². The summed E-state index contributed by atoms with van der Waals surface area (Å²) in [5.74, 6) is -2.28. The van der Waals surface area contributed by atoms with Crippen molar-refractivity contribution in [2.24, 2.45) is 0 Å². The van der Waals surface area contributed by atoms with E-state index in [4.69, 9.17) is 18.9 Å². The van der Waals surface area contributed by atoms with Crippen LogP contribution in [0.3, 0.4) is 0 Å². The quantitative estimate of drug-likeness (QED) is 0.0195. The van der Waals surface area contributed by atoms with Crippen LogP contribution >= 0.6 is 0 Å². The maximum atomic E-state index is 12.9. The summed E-state index contributed by atoms with van der Waals surface area (Å²) in [5.41, 5.74) is 0. The van der Waals surface area contributed by atoms with E-state index in [2.05, 4.69) is 50.3 Å². The Bertz CT molecular complexity index is 1340.